The standard InChI is InChI=1S/C26H24FN5/c27-21-3-1-18(2-4-21)19-12-24-25-29-9-10-32(25)23-6-5-22(11-20(23)14-30(24)13-19)31-16-26(17-31)7-8-28-15-26/h1-6,9-13,28H,7-8,14-17H2. The summed E-state index contributed by atoms with van der Waals surface area (Å²) in [7, 11) is 0. The van der Waals surface area contributed by atoms with Crippen molar-refractivity contribution in [2.75, 3.05) is 31.1 Å². The third kappa shape index (κ3) is 2.69. The van der Waals surface area contributed by atoms with Crippen molar-refractivity contribution in [1.29, 1.82) is 0 Å². The van der Waals surface area contributed by atoms with E-state index in [1.54, 1.807) is 0 Å². The van der Waals surface area contributed by atoms with Gasteiger partial charge >= 0.3 is 0 Å². The second kappa shape index (κ2) is 6.56. The average Bonchev–Trinajstić information content (AvgIpc) is 3.52. The van der Waals surface area contributed by atoms with Crippen molar-refractivity contribution in [2.24, 2.45) is 5.41 Å². The molecule has 7 rings (SSSR count). The van der Waals surface area contributed by atoms with E-state index in [0.717, 1.165) is 55.4 Å². The predicted molar refractivity (Wildman–Crippen MR) is 124 cm³/mol. The van der Waals surface area contributed by atoms with Crippen LogP contribution in [0.3, 0.4) is 0 Å². The Kier molecular flexibility index (Phi) is 3.73. The first-order valence-electron chi connectivity index (χ1n) is 11.3. The van der Waals surface area contributed by atoms with Crippen LogP contribution < -0.4 is 10.2 Å². The van der Waals surface area contributed by atoms with E-state index in [2.05, 4.69) is 54.8 Å². The third-order valence-corrected chi connectivity index (χ3v) is 7.36. The maximum Gasteiger partial charge on any atom is 0.161 e. The van der Waals surface area contributed by atoms with Crippen molar-refractivity contribution in [3.63, 3.8) is 0 Å². The molecule has 3 aliphatic heterocycles. The topological polar surface area (TPSA) is 38.0 Å². The molecule has 32 heavy (non-hydrogen) atoms. The van der Waals surface area contributed by atoms with Gasteiger partial charge < -0.3 is 14.8 Å². The van der Waals surface area contributed by atoms with Crippen molar-refractivity contribution >= 4 is 5.69 Å². The number of hydrogen-bond donors (Lipinski definition) is 1. The number of rotatable bonds is 2. The molecule has 0 saturated carbocycles. The zero-order valence-electron chi connectivity index (χ0n) is 17.8. The van der Waals surface area contributed by atoms with E-state index < -0.39 is 0 Å². The predicted octanol–water partition coefficient (Wildman–Crippen LogP) is 4.31. The van der Waals surface area contributed by atoms with Crippen LogP contribution in [0.2, 0.25) is 0 Å². The van der Waals surface area contributed by atoms with Crippen LogP contribution >= 0.6 is 0 Å². The van der Waals surface area contributed by atoms with Crippen LogP contribution in [0.25, 0.3) is 28.3 Å². The number of halogens is 1. The Morgan fingerprint density at radius 1 is 1.00 bits per heavy atom. The molecular weight excluding hydrogens is 401 g/mol. The minimum atomic E-state index is -0.215. The third-order valence-electron chi connectivity index (χ3n) is 7.36. The second-order valence-corrected chi connectivity index (χ2v) is 9.47. The van der Waals surface area contributed by atoms with E-state index in [1.807, 2.05) is 24.5 Å². The zero-order chi connectivity index (χ0) is 21.3. The van der Waals surface area contributed by atoms with Crippen LogP contribution in [0.1, 0.15) is 12.0 Å². The smallest absolute Gasteiger partial charge is 0.161 e. The van der Waals surface area contributed by atoms with Gasteiger partial charge in [0.25, 0.3) is 0 Å². The maximum absolute atomic E-state index is 13.4. The molecule has 0 radical (unpaired) electrons. The molecule has 1 spiro atoms. The monoisotopic (exact) mass is 425 g/mol. The molecule has 0 unspecified atom stereocenters. The van der Waals surface area contributed by atoms with Crippen LogP contribution in [-0.4, -0.2) is 40.3 Å². The van der Waals surface area contributed by atoms with Crippen LogP contribution in [0.4, 0.5) is 10.1 Å². The number of anilines is 1. The van der Waals surface area contributed by atoms with Crippen molar-refractivity contribution in [3.05, 3.63) is 78.5 Å². The lowest BCUT2D eigenvalue weighted by molar-refractivity contribution is 0.243. The molecule has 2 fully saturated rings. The highest BCUT2D eigenvalue weighted by molar-refractivity contribution is 5.72. The molecule has 2 aromatic heterocycles. The highest BCUT2D eigenvalue weighted by atomic mass is 19.1. The average molecular weight is 426 g/mol. The number of hydrogen-bond acceptors (Lipinski definition) is 3. The van der Waals surface area contributed by atoms with Crippen LogP contribution in [-0.2, 0) is 6.54 Å². The first-order chi connectivity index (χ1) is 15.7. The number of fused-ring (bicyclic) bond motifs is 5. The molecule has 2 aromatic carbocycles. The Morgan fingerprint density at radius 2 is 1.88 bits per heavy atom. The summed E-state index contributed by atoms with van der Waals surface area (Å²) in [5, 5.41) is 3.52. The summed E-state index contributed by atoms with van der Waals surface area (Å²) >= 11 is 0. The summed E-state index contributed by atoms with van der Waals surface area (Å²) in [6.07, 6.45) is 7.34. The molecule has 4 aromatic rings. The minimum Gasteiger partial charge on any atom is -0.370 e. The Hall–Kier alpha value is -3.38. The molecule has 0 aliphatic carbocycles. The van der Waals surface area contributed by atoms with Crippen molar-refractivity contribution in [1.82, 2.24) is 19.4 Å². The van der Waals surface area contributed by atoms with Crippen molar-refractivity contribution in [2.45, 2.75) is 13.0 Å². The fourth-order valence-corrected chi connectivity index (χ4v) is 5.64. The van der Waals surface area contributed by atoms with Crippen LogP contribution in [0.5, 0.6) is 0 Å². The van der Waals surface area contributed by atoms with Crippen LogP contribution in [0.15, 0.2) is 67.1 Å². The molecule has 3 aliphatic rings. The van der Waals surface area contributed by atoms with Gasteiger partial charge in [-0.3, -0.25) is 4.57 Å². The summed E-state index contributed by atoms with van der Waals surface area (Å²) in [6.45, 7) is 5.35. The van der Waals surface area contributed by atoms with Gasteiger partial charge in [-0.2, -0.15) is 0 Å². The van der Waals surface area contributed by atoms with E-state index in [9.17, 15) is 4.39 Å². The lowest BCUT2D eigenvalue weighted by Gasteiger charge is -2.49. The number of nitrogens with one attached hydrogen (secondary N) is 1. The fourth-order valence-electron chi connectivity index (χ4n) is 5.64. The van der Waals surface area contributed by atoms with E-state index >= 15 is 0 Å². The van der Waals surface area contributed by atoms with Gasteiger partial charge in [0, 0.05) is 61.4 Å². The van der Waals surface area contributed by atoms with E-state index in [1.165, 1.54) is 35.5 Å². The number of nitrogens with zero attached hydrogens (tertiary/aromatic N) is 4. The second-order valence-electron chi connectivity index (χ2n) is 9.47. The molecule has 5 heterocycles. The molecular formula is C26H24FN5. The maximum atomic E-state index is 13.4. The zero-order valence-corrected chi connectivity index (χ0v) is 17.8. The Labute approximate surface area is 186 Å². The summed E-state index contributed by atoms with van der Waals surface area (Å²) in [5.74, 6) is 0.720. The highest BCUT2D eigenvalue weighted by Gasteiger charge is 2.45. The quantitative estimate of drug-likeness (QED) is 0.458. The van der Waals surface area contributed by atoms with Crippen molar-refractivity contribution in [3.8, 4) is 28.3 Å². The van der Waals surface area contributed by atoms with Gasteiger partial charge in [-0.1, -0.05) is 12.1 Å². The SMILES string of the molecule is Fc1ccc(-c2cc3n(c2)Cc2cc(N4CC5(CCNC5)C4)ccc2-n2ccnc2-3)cc1. The minimum absolute atomic E-state index is 0.215. The highest BCUT2D eigenvalue weighted by Crippen LogP contribution is 2.41. The van der Waals surface area contributed by atoms with Gasteiger partial charge in [0.05, 0.1) is 11.4 Å². The molecule has 5 nitrogen and oxygen atoms in total. The lowest BCUT2D eigenvalue weighted by Crippen LogP contribution is -2.57. The molecule has 0 bridgehead atoms. The summed E-state index contributed by atoms with van der Waals surface area (Å²) in [4.78, 5) is 7.18. The van der Waals surface area contributed by atoms with Gasteiger partial charge in [-0.05, 0) is 60.5 Å². The van der Waals surface area contributed by atoms with Gasteiger partial charge in [-0.25, -0.2) is 9.37 Å². The molecule has 6 heteroatoms. The Bertz CT molecular complexity index is 1320. The Balaban J connectivity index is 1.28. The normalized spacial score (nSPS) is 18.1. The van der Waals surface area contributed by atoms with E-state index in [4.69, 9.17) is 0 Å². The van der Waals surface area contributed by atoms with Crippen molar-refractivity contribution < 1.29 is 4.39 Å². The van der Waals surface area contributed by atoms with Gasteiger partial charge in [0.1, 0.15) is 5.82 Å². The number of aromatic nitrogens is 3. The first-order valence-corrected chi connectivity index (χ1v) is 11.3. The molecule has 2 saturated heterocycles. The van der Waals surface area contributed by atoms with Gasteiger partial charge in [-0.15, -0.1) is 0 Å². The molecule has 0 atom stereocenters. The molecule has 0 amide bonds. The number of benzene rings is 2. The number of imidazole rings is 1. The summed E-state index contributed by atoms with van der Waals surface area (Å²) in [5.41, 5.74) is 7.41. The summed E-state index contributed by atoms with van der Waals surface area (Å²) < 4.78 is 17.9. The lowest BCUT2D eigenvalue weighted by atomic mass is 9.79. The molecule has 160 valence electrons. The fraction of sp³-hybridized carbons (Fsp3) is 0.269. The van der Waals surface area contributed by atoms with Gasteiger partial charge in [0.15, 0.2) is 5.82 Å². The first kappa shape index (κ1) is 18.2. The van der Waals surface area contributed by atoms with Gasteiger partial charge in [0.2, 0.25) is 0 Å². The van der Waals surface area contributed by atoms with E-state index in [-0.39, 0.29) is 5.82 Å². The molecule has 1 N–H and O–H groups in total. The van der Waals surface area contributed by atoms with E-state index in [0.29, 0.717) is 5.41 Å². The summed E-state index contributed by atoms with van der Waals surface area (Å²) in [6, 6.07) is 15.7. The Morgan fingerprint density at radius 3 is 2.69 bits per heavy atom. The largest absolute Gasteiger partial charge is 0.370 e. The van der Waals surface area contributed by atoms with Crippen LogP contribution in [0, 0.1) is 11.2 Å².